The Kier molecular flexibility index (Phi) is 5.71. The zero-order valence-electron chi connectivity index (χ0n) is 16.1. The van der Waals surface area contributed by atoms with E-state index in [0.717, 1.165) is 42.7 Å². The van der Waals surface area contributed by atoms with Gasteiger partial charge in [-0.1, -0.05) is 30.7 Å². The van der Waals surface area contributed by atoms with Crippen molar-refractivity contribution in [1.29, 1.82) is 0 Å². The van der Waals surface area contributed by atoms with Crippen molar-refractivity contribution in [3.63, 3.8) is 0 Å². The lowest BCUT2D eigenvalue weighted by molar-refractivity contribution is 0.0697. The number of likely N-dealkylation sites (tertiary alicyclic amines) is 1. The van der Waals surface area contributed by atoms with Crippen molar-refractivity contribution in [2.75, 3.05) is 6.54 Å². The maximum Gasteiger partial charge on any atom is 0.335 e. The number of nitrogens with zero attached hydrogens (tertiary/aromatic N) is 2. The second-order valence-electron chi connectivity index (χ2n) is 7.46. The highest BCUT2D eigenvalue weighted by Gasteiger charge is 2.28. The monoisotopic (exact) mass is 394 g/mol. The van der Waals surface area contributed by atoms with E-state index in [9.17, 15) is 9.18 Å². The number of carboxylic acid groups (broad SMARTS) is 1. The van der Waals surface area contributed by atoms with Crippen LogP contribution in [0.15, 0.2) is 59.1 Å². The molecule has 6 heteroatoms. The fraction of sp³-hybridized carbons (Fsp3) is 0.304. The number of oxazole rings is 1. The number of hydrogen-bond acceptors (Lipinski definition) is 4. The predicted molar refractivity (Wildman–Crippen MR) is 106 cm³/mol. The molecule has 150 valence electrons. The van der Waals surface area contributed by atoms with Gasteiger partial charge in [0, 0.05) is 13.0 Å². The summed E-state index contributed by atoms with van der Waals surface area (Å²) in [5, 5.41) is 9.06. The zero-order chi connectivity index (χ0) is 20.2. The molecule has 2 aromatic carbocycles. The lowest BCUT2D eigenvalue weighted by Gasteiger charge is -2.33. The first-order chi connectivity index (χ1) is 14.1. The van der Waals surface area contributed by atoms with Gasteiger partial charge in [0.15, 0.2) is 0 Å². The molecule has 0 radical (unpaired) electrons. The van der Waals surface area contributed by atoms with E-state index in [1.807, 2.05) is 18.2 Å². The van der Waals surface area contributed by atoms with E-state index in [2.05, 4.69) is 9.88 Å². The van der Waals surface area contributed by atoms with Gasteiger partial charge < -0.3 is 9.52 Å². The van der Waals surface area contributed by atoms with Crippen molar-refractivity contribution in [3.8, 4) is 0 Å². The molecule has 1 saturated heterocycles. The fourth-order valence-electron chi connectivity index (χ4n) is 3.85. The van der Waals surface area contributed by atoms with Gasteiger partial charge in [0.05, 0.1) is 17.8 Å². The molecule has 0 saturated carbocycles. The highest BCUT2D eigenvalue weighted by atomic mass is 19.1. The molecule has 2 heterocycles. The van der Waals surface area contributed by atoms with Crippen LogP contribution in [0.3, 0.4) is 0 Å². The van der Waals surface area contributed by atoms with Gasteiger partial charge in [-0.3, -0.25) is 4.90 Å². The Labute approximate surface area is 168 Å². The normalized spacial score (nSPS) is 17.3. The Balaban J connectivity index is 1.47. The minimum atomic E-state index is -0.919. The van der Waals surface area contributed by atoms with Crippen LogP contribution in [0.1, 0.15) is 58.4 Å². The number of benzene rings is 2. The summed E-state index contributed by atoms with van der Waals surface area (Å²) >= 11 is 0. The van der Waals surface area contributed by atoms with Crippen molar-refractivity contribution in [2.24, 2.45) is 0 Å². The smallest absolute Gasteiger partial charge is 0.335 e. The third-order valence-electron chi connectivity index (χ3n) is 5.32. The summed E-state index contributed by atoms with van der Waals surface area (Å²) < 4.78 is 19.4. The Morgan fingerprint density at radius 3 is 2.76 bits per heavy atom. The highest BCUT2D eigenvalue weighted by Crippen LogP contribution is 2.32. The molecule has 0 bridgehead atoms. The van der Waals surface area contributed by atoms with E-state index in [1.165, 1.54) is 12.1 Å². The summed E-state index contributed by atoms with van der Waals surface area (Å²) in [6.07, 6.45) is 5.43. The van der Waals surface area contributed by atoms with E-state index in [4.69, 9.17) is 9.52 Å². The standard InChI is InChI=1S/C23H23FN2O3/c24-19-5-3-4-17(12-19)13-20-14-25-22(29-20)21-6-1-2-11-26(21)15-16-7-9-18(10-8-16)23(27)28/h3-5,7-10,12,14,21H,1-2,6,11,13,15H2,(H,27,28)/t21-/m0/s1. The molecule has 0 unspecified atom stereocenters. The van der Waals surface area contributed by atoms with Gasteiger partial charge in [0.1, 0.15) is 11.6 Å². The number of halogens is 1. The summed E-state index contributed by atoms with van der Waals surface area (Å²) in [5.41, 5.74) is 2.21. The van der Waals surface area contributed by atoms with Crippen molar-refractivity contribution < 1.29 is 18.7 Å². The first-order valence-electron chi connectivity index (χ1n) is 9.84. The summed E-state index contributed by atoms with van der Waals surface area (Å²) in [7, 11) is 0. The van der Waals surface area contributed by atoms with Crippen LogP contribution in [0.4, 0.5) is 4.39 Å². The average Bonchev–Trinajstić information content (AvgIpc) is 3.17. The van der Waals surface area contributed by atoms with E-state index >= 15 is 0 Å². The SMILES string of the molecule is O=C(O)c1ccc(CN2CCCC[C@H]2c2ncc(Cc3cccc(F)c3)o2)cc1. The van der Waals surface area contributed by atoms with E-state index < -0.39 is 5.97 Å². The van der Waals surface area contributed by atoms with Crippen molar-refractivity contribution in [2.45, 2.75) is 38.3 Å². The quantitative estimate of drug-likeness (QED) is 0.649. The van der Waals surface area contributed by atoms with Gasteiger partial charge in [0.25, 0.3) is 0 Å². The lowest BCUT2D eigenvalue weighted by atomic mass is 10.0. The third kappa shape index (κ3) is 4.71. The van der Waals surface area contributed by atoms with E-state index in [-0.39, 0.29) is 11.9 Å². The van der Waals surface area contributed by atoms with Gasteiger partial charge in [-0.25, -0.2) is 14.2 Å². The molecule has 0 aliphatic carbocycles. The van der Waals surface area contributed by atoms with Crippen molar-refractivity contribution in [3.05, 3.63) is 88.9 Å². The minimum Gasteiger partial charge on any atom is -0.478 e. The molecule has 0 amide bonds. The molecule has 4 rings (SSSR count). The van der Waals surface area contributed by atoms with Gasteiger partial charge in [-0.05, 0) is 54.8 Å². The van der Waals surface area contributed by atoms with Crippen LogP contribution in [-0.2, 0) is 13.0 Å². The molecule has 1 atom stereocenters. The van der Waals surface area contributed by atoms with Crippen molar-refractivity contribution in [1.82, 2.24) is 9.88 Å². The van der Waals surface area contributed by atoms with Crippen LogP contribution in [0.25, 0.3) is 0 Å². The van der Waals surface area contributed by atoms with Crippen LogP contribution >= 0.6 is 0 Å². The zero-order valence-corrected chi connectivity index (χ0v) is 16.1. The molecule has 0 spiro atoms. The first kappa shape index (κ1) is 19.3. The van der Waals surface area contributed by atoms with Crippen molar-refractivity contribution >= 4 is 5.97 Å². The number of aromatic carboxylic acids is 1. The van der Waals surface area contributed by atoms with Crippen LogP contribution in [0.5, 0.6) is 0 Å². The van der Waals surface area contributed by atoms with Gasteiger partial charge in [-0.2, -0.15) is 0 Å². The fourth-order valence-corrected chi connectivity index (χ4v) is 3.85. The summed E-state index contributed by atoms with van der Waals surface area (Å²) in [5.74, 6) is 0.243. The topological polar surface area (TPSA) is 66.6 Å². The molecule has 1 N–H and O–H groups in total. The number of piperidine rings is 1. The molecule has 1 aliphatic heterocycles. The van der Waals surface area contributed by atoms with Crippen LogP contribution < -0.4 is 0 Å². The second-order valence-corrected chi connectivity index (χ2v) is 7.46. The largest absolute Gasteiger partial charge is 0.478 e. The van der Waals surface area contributed by atoms with Gasteiger partial charge in [-0.15, -0.1) is 0 Å². The molecular formula is C23H23FN2O3. The number of carbonyl (C=O) groups is 1. The Morgan fingerprint density at radius 2 is 2.00 bits per heavy atom. The summed E-state index contributed by atoms with van der Waals surface area (Å²) in [6.45, 7) is 1.65. The maximum atomic E-state index is 13.4. The van der Waals surface area contributed by atoms with Crippen LogP contribution in [0, 0.1) is 5.82 Å². The molecular weight excluding hydrogens is 371 g/mol. The maximum absolute atomic E-state index is 13.4. The van der Waals surface area contributed by atoms with E-state index in [0.29, 0.717) is 24.4 Å². The molecule has 5 nitrogen and oxygen atoms in total. The Bertz CT molecular complexity index is 984. The van der Waals surface area contributed by atoms with E-state index in [1.54, 1.807) is 24.4 Å². The van der Waals surface area contributed by atoms with Crippen LogP contribution in [0.2, 0.25) is 0 Å². The number of hydrogen-bond donors (Lipinski definition) is 1. The average molecular weight is 394 g/mol. The number of rotatable bonds is 6. The lowest BCUT2D eigenvalue weighted by Crippen LogP contribution is -2.33. The molecule has 1 aromatic heterocycles. The third-order valence-corrected chi connectivity index (χ3v) is 5.32. The molecule has 1 fully saturated rings. The predicted octanol–water partition coefficient (Wildman–Crippen LogP) is 4.83. The Hall–Kier alpha value is -2.99. The van der Waals surface area contributed by atoms with Gasteiger partial charge >= 0.3 is 5.97 Å². The number of aromatic nitrogens is 1. The molecule has 3 aromatic rings. The molecule has 1 aliphatic rings. The molecule has 29 heavy (non-hydrogen) atoms. The first-order valence-corrected chi connectivity index (χ1v) is 9.84. The minimum absolute atomic E-state index is 0.0872. The van der Waals surface area contributed by atoms with Crippen LogP contribution in [-0.4, -0.2) is 27.5 Å². The summed E-state index contributed by atoms with van der Waals surface area (Å²) in [6, 6.07) is 13.6. The highest BCUT2D eigenvalue weighted by molar-refractivity contribution is 5.87. The Morgan fingerprint density at radius 1 is 1.17 bits per heavy atom. The second kappa shape index (κ2) is 8.57. The van der Waals surface area contributed by atoms with Gasteiger partial charge in [0.2, 0.25) is 5.89 Å². The number of carboxylic acids is 1. The summed E-state index contributed by atoms with van der Waals surface area (Å²) in [4.78, 5) is 17.9.